The summed E-state index contributed by atoms with van der Waals surface area (Å²) in [6.07, 6.45) is 3.60. The number of hydrogen-bond donors (Lipinski definition) is 0. The first kappa shape index (κ1) is 31.7. The number of cyclic esters (lactones) is 1. The Labute approximate surface area is 254 Å². The highest BCUT2D eigenvalue weighted by Crippen LogP contribution is 2.55. The Balaban J connectivity index is 1.19. The van der Waals surface area contributed by atoms with Crippen LogP contribution in [-0.2, 0) is 34.3 Å². The van der Waals surface area contributed by atoms with E-state index in [1.807, 2.05) is 0 Å². The quantitative estimate of drug-likeness (QED) is 0.254. The first-order valence-electron chi connectivity index (χ1n) is 14.1. The fourth-order valence-corrected chi connectivity index (χ4v) is 6.41. The molecular weight excluding hydrogens is 594 g/mol. The van der Waals surface area contributed by atoms with Gasteiger partial charge in [-0.15, -0.1) is 5.10 Å². The summed E-state index contributed by atoms with van der Waals surface area (Å²) in [6.45, 7) is 11.1. The van der Waals surface area contributed by atoms with Gasteiger partial charge in [-0.05, 0) is 65.8 Å². The van der Waals surface area contributed by atoms with Gasteiger partial charge in [-0.1, -0.05) is 16.4 Å². The highest BCUT2D eigenvalue weighted by molar-refractivity contribution is 7.48. The number of anilines is 1. The van der Waals surface area contributed by atoms with Gasteiger partial charge in [-0.25, -0.2) is 18.4 Å². The van der Waals surface area contributed by atoms with Crippen molar-refractivity contribution >= 4 is 25.3 Å². The first-order chi connectivity index (χ1) is 20.7. The van der Waals surface area contributed by atoms with Crippen molar-refractivity contribution in [3.63, 3.8) is 0 Å². The van der Waals surface area contributed by atoms with Crippen molar-refractivity contribution in [2.45, 2.75) is 77.9 Å². The minimum atomic E-state index is -3.90. The van der Waals surface area contributed by atoms with Crippen molar-refractivity contribution in [3.8, 4) is 11.1 Å². The molecule has 2 aliphatic rings. The molecule has 1 amide bonds. The number of oxime groups is 1. The number of amides is 1. The summed E-state index contributed by atoms with van der Waals surface area (Å²) >= 11 is 0. The van der Waals surface area contributed by atoms with Crippen LogP contribution in [0, 0.1) is 5.82 Å². The third-order valence-electron chi connectivity index (χ3n) is 6.29. The molecule has 13 nitrogen and oxygen atoms in total. The molecule has 1 saturated heterocycles. The fourth-order valence-electron chi connectivity index (χ4n) is 4.58. The summed E-state index contributed by atoms with van der Waals surface area (Å²) < 4.78 is 52.4. The second-order valence-electron chi connectivity index (χ2n) is 12.5. The SMILES string of the molecule is CC(C)(C)OP(=O)(OC[C@@H]1CC(c2ccc(-c3ccc(N4C[C@H](Cn5ccnn5)OC4=O)cc3F)cn2)=NO1)OC(C)(C)C. The number of hydrogen-bond acceptors (Lipinski definition) is 11. The van der Waals surface area contributed by atoms with Gasteiger partial charge in [-0.3, -0.25) is 23.5 Å². The van der Waals surface area contributed by atoms with Gasteiger partial charge < -0.3 is 9.57 Å². The summed E-state index contributed by atoms with van der Waals surface area (Å²) in [5.74, 6) is -0.511. The largest absolute Gasteiger partial charge is 0.475 e. The van der Waals surface area contributed by atoms with Crippen molar-refractivity contribution in [1.82, 2.24) is 20.0 Å². The smallest absolute Gasteiger partial charge is 0.442 e. The molecule has 2 aliphatic heterocycles. The molecule has 15 heteroatoms. The van der Waals surface area contributed by atoms with Crippen LogP contribution in [0.25, 0.3) is 11.1 Å². The number of benzene rings is 1. The summed E-state index contributed by atoms with van der Waals surface area (Å²) in [5, 5.41) is 11.8. The van der Waals surface area contributed by atoms with E-state index in [1.165, 1.54) is 11.0 Å². The van der Waals surface area contributed by atoms with E-state index >= 15 is 4.39 Å². The lowest BCUT2D eigenvalue weighted by Crippen LogP contribution is -2.26. The number of rotatable bonds is 10. The number of pyridine rings is 1. The number of carbonyl (C=O) groups is 1. The first-order valence-corrected chi connectivity index (χ1v) is 15.6. The van der Waals surface area contributed by atoms with Crippen LogP contribution >= 0.6 is 7.82 Å². The van der Waals surface area contributed by atoms with Gasteiger partial charge in [0.05, 0.1) is 48.5 Å². The van der Waals surface area contributed by atoms with Crippen molar-refractivity contribution in [2.24, 2.45) is 5.16 Å². The van der Waals surface area contributed by atoms with E-state index in [4.69, 9.17) is 23.1 Å². The molecule has 5 rings (SSSR count). The van der Waals surface area contributed by atoms with E-state index < -0.39 is 43.1 Å². The number of phosphoric ester groups is 1. The third kappa shape index (κ3) is 8.06. The highest BCUT2D eigenvalue weighted by atomic mass is 31.2. The molecule has 0 aliphatic carbocycles. The molecule has 44 heavy (non-hydrogen) atoms. The van der Waals surface area contributed by atoms with E-state index in [0.29, 0.717) is 41.2 Å². The van der Waals surface area contributed by atoms with E-state index in [0.717, 1.165) is 0 Å². The number of nitrogens with zero attached hydrogens (tertiary/aromatic N) is 6. The molecule has 1 fully saturated rings. The van der Waals surface area contributed by atoms with E-state index in [2.05, 4.69) is 20.5 Å². The lowest BCUT2D eigenvalue weighted by atomic mass is 10.0. The maximum absolute atomic E-state index is 15.2. The second-order valence-corrected chi connectivity index (χ2v) is 14.0. The Bertz CT molecular complexity index is 1530. The predicted molar refractivity (Wildman–Crippen MR) is 159 cm³/mol. The van der Waals surface area contributed by atoms with Crippen LogP contribution in [0.2, 0.25) is 0 Å². The van der Waals surface area contributed by atoms with E-state index in [-0.39, 0.29) is 13.2 Å². The molecule has 3 aromatic rings. The molecule has 0 saturated carbocycles. The zero-order valence-electron chi connectivity index (χ0n) is 25.5. The van der Waals surface area contributed by atoms with Gasteiger partial charge in [0.2, 0.25) is 0 Å². The zero-order chi connectivity index (χ0) is 31.7. The molecule has 4 heterocycles. The molecule has 2 atom stereocenters. The lowest BCUT2D eigenvalue weighted by Gasteiger charge is -2.31. The number of phosphoric acid groups is 1. The second kappa shape index (κ2) is 12.4. The van der Waals surface area contributed by atoms with Gasteiger partial charge in [0, 0.05) is 29.9 Å². The van der Waals surface area contributed by atoms with Gasteiger partial charge in [0.25, 0.3) is 0 Å². The maximum atomic E-state index is 15.2. The van der Waals surface area contributed by atoms with Crippen LogP contribution in [0.15, 0.2) is 54.1 Å². The Kier molecular flexibility index (Phi) is 8.90. The molecule has 0 N–H and O–H groups in total. The monoisotopic (exact) mass is 630 g/mol. The minimum absolute atomic E-state index is 0.0716. The van der Waals surface area contributed by atoms with Gasteiger partial charge in [0.15, 0.2) is 6.10 Å². The fraction of sp³-hybridized carbons (Fsp3) is 0.483. The Hall–Kier alpha value is -3.71. The molecule has 2 aromatic heterocycles. The molecular formula is C29H36FN6O7P. The summed E-state index contributed by atoms with van der Waals surface area (Å²) in [7, 11) is -3.90. The number of carbonyl (C=O) groups excluding carboxylic acids is 1. The molecule has 0 radical (unpaired) electrons. The summed E-state index contributed by atoms with van der Waals surface area (Å²) in [6, 6.07) is 8.01. The topological polar surface area (TPSA) is 139 Å². The number of aromatic nitrogens is 4. The van der Waals surface area contributed by atoms with Crippen molar-refractivity contribution in [2.75, 3.05) is 18.1 Å². The van der Waals surface area contributed by atoms with Crippen LogP contribution in [0.4, 0.5) is 14.9 Å². The molecule has 1 aromatic carbocycles. The van der Waals surface area contributed by atoms with Crippen LogP contribution in [-0.4, -0.2) is 68.3 Å². The molecule has 0 unspecified atom stereocenters. The van der Waals surface area contributed by atoms with Crippen molar-refractivity contribution in [3.05, 3.63) is 60.4 Å². The Morgan fingerprint density at radius 1 is 1.07 bits per heavy atom. The minimum Gasteiger partial charge on any atom is -0.442 e. The van der Waals surface area contributed by atoms with Crippen LogP contribution in [0.1, 0.15) is 53.7 Å². The highest BCUT2D eigenvalue weighted by Gasteiger charge is 2.39. The third-order valence-corrected chi connectivity index (χ3v) is 8.30. The van der Waals surface area contributed by atoms with Crippen LogP contribution in [0.5, 0.6) is 0 Å². The zero-order valence-corrected chi connectivity index (χ0v) is 26.4. The molecule has 236 valence electrons. The molecule has 0 bridgehead atoms. The average molecular weight is 631 g/mol. The van der Waals surface area contributed by atoms with Crippen molar-refractivity contribution in [1.29, 1.82) is 0 Å². The molecule has 0 spiro atoms. The maximum Gasteiger partial charge on any atom is 0.475 e. The number of ether oxygens (including phenoxy) is 1. The summed E-state index contributed by atoms with van der Waals surface area (Å²) in [5.41, 5.74) is 0.856. The van der Waals surface area contributed by atoms with Crippen LogP contribution in [0.3, 0.4) is 0 Å². The standard InChI is InChI=1S/C29H36FN6O7P/c1-28(2,3)42-44(38,43-29(4,5)6)39-18-21-14-26(33-41-21)25-10-7-19(15-31-25)23-9-8-20(13-24(23)30)36-17-22(40-27(36)37)16-35-12-11-32-34-35/h7-13,15,21-22H,14,16-18H2,1-6H3/t21-,22-/m0/s1. The number of halogens is 1. The predicted octanol–water partition coefficient (Wildman–Crippen LogP) is 5.75. The van der Waals surface area contributed by atoms with Gasteiger partial charge in [0.1, 0.15) is 17.6 Å². The Morgan fingerprint density at radius 2 is 1.82 bits per heavy atom. The van der Waals surface area contributed by atoms with Crippen LogP contribution < -0.4 is 4.90 Å². The summed E-state index contributed by atoms with van der Waals surface area (Å²) in [4.78, 5) is 23.8. The van der Waals surface area contributed by atoms with E-state index in [9.17, 15) is 9.36 Å². The van der Waals surface area contributed by atoms with E-state index in [1.54, 1.807) is 89.1 Å². The average Bonchev–Trinajstić information content (AvgIpc) is 3.68. The van der Waals surface area contributed by atoms with Gasteiger partial charge in [-0.2, -0.15) is 0 Å². The van der Waals surface area contributed by atoms with Gasteiger partial charge >= 0.3 is 13.9 Å². The lowest BCUT2D eigenvalue weighted by molar-refractivity contribution is -0.0191. The Morgan fingerprint density at radius 3 is 2.43 bits per heavy atom. The van der Waals surface area contributed by atoms with Crippen molar-refractivity contribution < 1.29 is 36.9 Å². The normalized spacial score (nSPS) is 19.2.